The average molecular weight is 283 g/mol. The van der Waals surface area contributed by atoms with Crippen molar-refractivity contribution in [2.75, 3.05) is 0 Å². The summed E-state index contributed by atoms with van der Waals surface area (Å²) in [6, 6.07) is 11.9. The molecule has 0 unspecified atom stereocenters. The molecule has 0 saturated heterocycles. The molecule has 5 heteroatoms. The summed E-state index contributed by atoms with van der Waals surface area (Å²) in [4.78, 5) is 8.00. The maximum Gasteiger partial charge on any atom is 0.134 e. The summed E-state index contributed by atoms with van der Waals surface area (Å²) in [7, 11) is 0. The molecular weight excluding hydrogens is 269 g/mol. The molecule has 0 spiro atoms. The molecule has 4 nitrogen and oxygen atoms in total. The lowest BCUT2D eigenvalue weighted by atomic mass is 10.2. The van der Waals surface area contributed by atoms with Crippen LogP contribution in [0.4, 0.5) is 4.39 Å². The van der Waals surface area contributed by atoms with E-state index in [-0.39, 0.29) is 5.82 Å². The molecule has 0 radical (unpaired) electrons. The van der Waals surface area contributed by atoms with Crippen molar-refractivity contribution < 1.29 is 8.81 Å². The van der Waals surface area contributed by atoms with Gasteiger partial charge in [-0.15, -0.1) is 0 Å². The van der Waals surface area contributed by atoms with Gasteiger partial charge in [0.05, 0.1) is 12.2 Å². The van der Waals surface area contributed by atoms with Gasteiger partial charge in [0.25, 0.3) is 0 Å². The first kappa shape index (κ1) is 13.5. The lowest BCUT2D eigenvalue weighted by molar-refractivity contribution is 0.492. The van der Waals surface area contributed by atoms with Gasteiger partial charge in [0.1, 0.15) is 23.7 Å². The first-order chi connectivity index (χ1) is 10.3. The molecule has 1 aromatic carbocycles. The highest BCUT2D eigenvalue weighted by atomic mass is 19.1. The molecule has 0 aliphatic heterocycles. The molecule has 0 fully saturated rings. The summed E-state index contributed by atoms with van der Waals surface area (Å²) in [5.41, 5.74) is 1.79. The van der Waals surface area contributed by atoms with Gasteiger partial charge in [0.2, 0.25) is 0 Å². The third-order valence-electron chi connectivity index (χ3n) is 3.04. The normalized spacial score (nSPS) is 10.7. The van der Waals surface area contributed by atoms with E-state index in [1.54, 1.807) is 18.3 Å². The van der Waals surface area contributed by atoms with Gasteiger partial charge < -0.3 is 9.73 Å². The summed E-state index contributed by atoms with van der Waals surface area (Å²) < 4.78 is 18.6. The zero-order valence-corrected chi connectivity index (χ0v) is 11.3. The first-order valence-electron chi connectivity index (χ1n) is 6.61. The molecular formula is C16H14FN3O. The number of nitrogens with zero attached hydrogens (tertiary/aromatic N) is 2. The Balaban J connectivity index is 1.59. The Labute approximate surface area is 121 Å². The molecule has 2 aromatic heterocycles. The molecule has 21 heavy (non-hydrogen) atoms. The van der Waals surface area contributed by atoms with Crippen LogP contribution in [0.1, 0.15) is 11.5 Å². The van der Waals surface area contributed by atoms with E-state index in [4.69, 9.17) is 4.42 Å². The Bertz CT molecular complexity index is 695. The minimum Gasteiger partial charge on any atom is -0.460 e. The zero-order chi connectivity index (χ0) is 14.5. The smallest absolute Gasteiger partial charge is 0.134 e. The van der Waals surface area contributed by atoms with E-state index in [0.29, 0.717) is 13.1 Å². The van der Waals surface area contributed by atoms with Crippen LogP contribution in [-0.4, -0.2) is 9.97 Å². The monoisotopic (exact) mass is 283 g/mol. The molecule has 0 bridgehead atoms. The highest BCUT2D eigenvalue weighted by Gasteiger charge is 2.05. The van der Waals surface area contributed by atoms with Crippen molar-refractivity contribution in [1.29, 1.82) is 0 Å². The SMILES string of the molecule is Fc1ccc(-c2ccc(CNCc3ccncn3)o2)cc1. The van der Waals surface area contributed by atoms with Crippen molar-refractivity contribution in [1.82, 2.24) is 15.3 Å². The van der Waals surface area contributed by atoms with Crippen LogP contribution in [-0.2, 0) is 13.1 Å². The second-order valence-electron chi connectivity index (χ2n) is 4.58. The van der Waals surface area contributed by atoms with E-state index in [2.05, 4.69) is 15.3 Å². The van der Waals surface area contributed by atoms with Crippen molar-refractivity contribution in [3.8, 4) is 11.3 Å². The number of nitrogens with one attached hydrogen (secondary N) is 1. The van der Waals surface area contributed by atoms with Gasteiger partial charge in [0.15, 0.2) is 0 Å². The standard InChI is InChI=1S/C16H14FN3O/c17-13-3-1-12(2-4-13)16-6-5-15(21-16)10-19-9-14-7-8-18-11-20-14/h1-8,11,19H,9-10H2. The highest BCUT2D eigenvalue weighted by Crippen LogP contribution is 2.22. The van der Waals surface area contributed by atoms with Gasteiger partial charge in [-0.05, 0) is 42.5 Å². The first-order valence-corrected chi connectivity index (χ1v) is 6.61. The second kappa shape index (κ2) is 6.28. The van der Waals surface area contributed by atoms with Gasteiger partial charge in [-0.2, -0.15) is 0 Å². The molecule has 0 aliphatic rings. The van der Waals surface area contributed by atoms with Gasteiger partial charge >= 0.3 is 0 Å². The molecule has 3 rings (SSSR count). The summed E-state index contributed by atoms with van der Waals surface area (Å²) in [5.74, 6) is 1.30. The molecule has 2 heterocycles. The fourth-order valence-corrected chi connectivity index (χ4v) is 1.98. The fraction of sp³-hybridized carbons (Fsp3) is 0.125. The second-order valence-corrected chi connectivity index (χ2v) is 4.58. The number of furan rings is 1. The van der Waals surface area contributed by atoms with Crippen molar-refractivity contribution in [2.24, 2.45) is 0 Å². The largest absolute Gasteiger partial charge is 0.460 e. The molecule has 3 aromatic rings. The topological polar surface area (TPSA) is 51.0 Å². The summed E-state index contributed by atoms with van der Waals surface area (Å²) in [6.07, 6.45) is 3.24. The predicted molar refractivity (Wildman–Crippen MR) is 76.7 cm³/mol. The quantitative estimate of drug-likeness (QED) is 0.781. The zero-order valence-electron chi connectivity index (χ0n) is 11.3. The Morgan fingerprint density at radius 2 is 1.86 bits per heavy atom. The van der Waals surface area contributed by atoms with Gasteiger partial charge in [-0.3, -0.25) is 0 Å². The number of halogens is 1. The summed E-state index contributed by atoms with van der Waals surface area (Å²) in [6.45, 7) is 1.25. The lowest BCUT2D eigenvalue weighted by Gasteiger charge is -2.02. The van der Waals surface area contributed by atoms with Crippen molar-refractivity contribution >= 4 is 0 Å². The summed E-state index contributed by atoms with van der Waals surface area (Å²) >= 11 is 0. The van der Waals surface area contributed by atoms with Crippen LogP contribution in [0.5, 0.6) is 0 Å². The van der Waals surface area contributed by atoms with E-state index in [0.717, 1.165) is 22.8 Å². The number of hydrogen-bond acceptors (Lipinski definition) is 4. The predicted octanol–water partition coefficient (Wildman–Crippen LogP) is 3.17. The van der Waals surface area contributed by atoms with Gasteiger partial charge in [-0.25, -0.2) is 14.4 Å². The van der Waals surface area contributed by atoms with E-state index in [9.17, 15) is 4.39 Å². The Morgan fingerprint density at radius 1 is 1.00 bits per heavy atom. The van der Waals surface area contributed by atoms with Crippen LogP contribution in [0.15, 0.2) is 59.4 Å². The number of hydrogen-bond donors (Lipinski definition) is 1. The van der Waals surface area contributed by atoms with E-state index >= 15 is 0 Å². The van der Waals surface area contributed by atoms with Crippen molar-refractivity contribution in [3.05, 3.63) is 72.3 Å². The minimum atomic E-state index is -0.253. The highest BCUT2D eigenvalue weighted by molar-refractivity contribution is 5.57. The van der Waals surface area contributed by atoms with Crippen LogP contribution in [0.25, 0.3) is 11.3 Å². The number of aromatic nitrogens is 2. The van der Waals surface area contributed by atoms with Crippen LogP contribution >= 0.6 is 0 Å². The average Bonchev–Trinajstić information content (AvgIpc) is 2.98. The molecule has 0 saturated carbocycles. The number of benzene rings is 1. The van der Waals surface area contributed by atoms with E-state index in [1.807, 2.05) is 18.2 Å². The van der Waals surface area contributed by atoms with Crippen LogP contribution in [0, 0.1) is 5.82 Å². The summed E-state index contributed by atoms with van der Waals surface area (Å²) in [5, 5.41) is 3.25. The molecule has 1 N–H and O–H groups in total. The van der Waals surface area contributed by atoms with Gasteiger partial charge in [0, 0.05) is 18.3 Å². The Kier molecular flexibility index (Phi) is 4.02. The van der Waals surface area contributed by atoms with E-state index < -0.39 is 0 Å². The molecule has 0 aliphatic carbocycles. The maximum atomic E-state index is 12.9. The number of rotatable bonds is 5. The third-order valence-corrected chi connectivity index (χ3v) is 3.04. The Morgan fingerprint density at radius 3 is 2.62 bits per heavy atom. The van der Waals surface area contributed by atoms with Gasteiger partial charge in [-0.1, -0.05) is 0 Å². The lowest BCUT2D eigenvalue weighted by Crippen LogP contribution is -2.13. The molecule has 106 valence electrons. The third kappa shape index (κ3) is 3.52. The van der Waals surface area contributed by atoms with Crippen LogP contribution in [0.3, 0.4) is 0 Å². The molecule has 0 atom stereocenters. The van der Waals surface area contributed by atoms with Crippen molar-refractivity contribution in [2.45, 2.75) is 13.1 Å². The van der Waals surface area contributed by atoms with Crippen molar-refractivity contribution in [3.63, 3.8) is 0 Å². The van der Waals surface area contributed by atoms with Crippen LogP contribution in [0.2, 0.25) is 0 Å². The van der Waals surface area contributed by atoms with Crippen LogP contribution < -0.4 is 5.32 Å². The maximum absolute atomic E-state index is 12.9. The minimum absolute atomic E-state index is 0.253. The van der Waals surface area contributed by atoms with E-state index in [1.165, 1.54) is 18.5 Å². The Hall–Kier alpha value is -2.53. The fourth-order valence-electron chi connectivity index (χ4n) is 1.98. The molecule has 0 amide bonds.